The molecule has 1 amide bonds. The quantitative estimate of drug-likeness (QED) is 0.456. The molecule has 21 heavy (non-hydrogen) atoms. The first-order valence-electron chi connectivity index (χ1n) is 6.71. The number of hydrogen-bond donors (Lipinski definition) is 3. The van der Waals surface area contributed by atoms with E-state index in [-0.39, 0.29) is 18.4 Å². The Labute approximate surface area is 123 Å². The number of H-pyrrole nitrogens is 1. The molecule has 0 bridgehead atoms. The third-order valence-electron chi connectivity index (χ3n) is 3.34. The molecular weight excluding hydrogens is 274 g/mol. The predicted molar refractivity (Wildman–Crippen MR) is 74.6 cm³/mol. The molecule has 8 nitrogen and oxygen atoms in total. The lowest BCUT2D eigenvalue weighted by Crippen LogP contribution is -2.52. The van der Waals surface area contributed by atoms with Gasteiger partial charge in [0.25, 0.3) is 5.91 Å². The largest absolute Gasteiger partial charge is 0.548 e. The number of likely N-dealkylation sites (N-methyl/N-ethyl adjacent to an activating group) is 1. The highest BCUT2D eigenvalue weighted by atomic mass is 16.4. The van der Waals surface area contributed by atoms with E-state index in [2.05, 4.69) is 9.97 Å². The first-order valence-corrected chi connectivity index (χ1v) is 6.71. The number of aryl methyl sites for hydroxylation is 1. The standard InChI is InChI=1S/C13H23N5O3/c1-18(2,3)10(12(15)19)4-5-11-16-7-8(17-11)6-9(14)13(20)21/h7,9-10H,4-6,14H2,1-3H3,(H3-,15,16,17,19,20,21)/t9-,10-/m0/s1. The fourth-order valence-electron chi connectivity index (χ4n) is 2.14. The van der Waals surface area contributed by atoms with E-state index in [1.807, 2.05) is 21.1 Å². The summed E-state index contributed by atoms with van der Waals surface area (Å²) < 4.78 is 0.443. The van der Waals surface area contributed by atoms with Crippen LogP contribution in [0.25, 0.3) is 0 Å². The normalized spacial score (nSPS) is 14.7. The fourth-order valence-corrected chi connectivity index (χ4v) is 2.14. The van der Waals surface area contributed by atoms with E-state index in [0.717, 1.165) is 0 Å². The fraction of sp³-hybridized carbons (Fsp3) is 0.615. The van der Waals surface area contributed by atoms with E-state index in [1.54, 1.807) is 6.20 Å². The molecule has 1 aromatic heterocycles. The van der Waals surface area contributed by atoms with Crippen LogP contribution in [0.1, 0.15) is 17.9 Å². The molecule has 1 rings (SSSR count). The highest BCUT2D eigenvalue weighted by Crippen LogP contribution is 2.11. The van der Waals surface area contributed by atoms with Crippen LogP contribution in [0.15, 0.2) is 6.20 Å². The number of aliphatic carboxylic acids is 1. The number of aromatic nitrogens is 2. The number of hydrogen-bond acceptors (Lipinski definition) is 5. The molecule has 0 aliphatic rings. The Kier molecular flexibility index (Phi) is 5.45. The predicted octanol–water partition coefficient (Wildman–Crippen LogP) is -2.48. The van der Waals surface area contributed by atoms with E-state index in [4.69, 9.17) is 11.5 Å². The van der Waals surface area contributed by atoms with Gasteiger partial charge in [-0.15, -0.1) is 0 Å². The number of carbonyl (C=O) groups excluding carboxylic acids is 2. The molecule has 0 saturated heterocycles. The zero-order valence-corrected chi connectivity index (χ0v) is 12.6. The number of nitrogens with zero attached hydrogens (tertiary/aromatic N) is 2. The lowest BCUT2D eigenvalue weighted by molar-refractivity contribution is -0.886. The first kappa shape index (κ1) is 17.1. The molecule has 5 N–H and O–H groups in total. The summed E-state index contributed by atoms with van der Waals surface area (Å²) in [7, 11) is 5.71. The molecule has 0 spiro atoms. The second kappa shape index (κ2) is 6.68. The number of nitrogens with two attached hydrogens (primary N) is 2. The molecule has 0 saturated carbocycles. The zero-order valence-electron chi connectivity index (χ0n) is 12.6. The van der Waals surface area contributed by atoms with E-state index >= 15 is 0 Å². The minimum Gasteiger partial charge on any atom is -0.548 e. The summed E-state index contributed by atoms with van der Waals surface area (Å²) in [4.78, 5) is 29.2. The van der Waals surface area contributed by atoms with Crippen molar-refractivity contribution in [1.82, 2.24) is 9.97 Å². The van der Waals surface area contributed by atoms with Gasteiger partial charge >= 0.3 is 0 Å². The van der Waals surface area contributed by atoms with E-state index < -0.39 is 12.0 Å². The lowest BCUT2D eigenvalue weighted by atomic mass is 10.1. The number of aromatic amines is 1. The van der Waals surface area contributed by atoms with Gasteiger partial charge in [-0.2, -0.15) is 0 Å². The Morgan fingerprint density at radius 3 is 2.52 bits per heavy atom. The molecule has 0 aliphatic carbocycles. The summed E-state index contributed by atoms with van der Waals surface area (Å²) in [6.07, 6.45) is 2.77. The molecule has 0 radical (unpaired) electrons. The van der Waals surface area contributed by atoms with Crippen molar-refractivity contribution >= 4 is 11.9 Å². The van der Waals surface area contributed by atoms with Crippen molar-refractivity contribution < 1.29 is 19.2 Å². The van der Waals surface area contributed by atoms with Gasteiger partial charge < -0.3 is 30.8 Å². The highest BCUT2D eigenvalue weighted by molar-refractivity contribution is 5.78. The van der Waals surface area contributed by atoms with Crippen LogP contribution >= 0.6 is 0 Å². The maximum absolute atomic E-state index is 11.5. The van der Waals surface area contributed by atoms with Crippen LogP contribution in [-0.2, 0) is 22.4 Å². The van der Waals surface area contributed by atoms with Crippen molar-refractivity contribution in [2.75, 3.05) is 21.1 Å². The molecule has 0 fully saturated rings. The van der Waals surface area contributed by atoms with Gasteiger partial charge in [0, 0.05) is 37.2 Å². The lowest BCUT2D eigenvalue weighted by Gasteiger charge is -2.31. The van der Waals surface area contributed by atoms with E-state index in [0.29, 0.717) is 28.8 Å². The maximum atomic E-state index is 11.5. The van der Waals surface area contributed by atoms with Crippen LogP contribution in [0.4, 0.5) is 0 Å². The molecule has 118 valence electrons. The monoisotopic (exact) mass is 297 g/mol. The van der Waals surface area contributed by atoms with Gasteiger partial charge in [-0.05, 0) is 0 Å². The van der Waals surface area contributed by atoms with Crippen molar-refractivity contribution in [2.45, 2.75) is 31.3 Å². The minimum atomic E-state index is -1.30. The summed E-state index contributed by atoms with van der Waals surface area (Å²) in [5.74, 6) is -0.978. The number of amides is 1. The molecule has 1 aromatic rings. The topological polar surface area (TPSA) is 138 Å². The van der Waals surface area contributed by atoms with Crippen LogP contribution in [0, 0.1) is 0 Å². The van der Waals surface area contributed by atoms with Crippen LogP contribution in [-0.4, -0.2) is 59.6 Å². The smallest absolute Gasteiger partial charge is 0.275 e. The van der Waals surface area contributed by atoms with Gasteiger partial charge in [0.1, 0.15) is 5.82 Å². The highest BCUT2D eigenvalue weighted by Gasteiger charge is 2.29. The van der Waals surface area contributed by atoms with Crippen molar-refractivity contribution in [2.24, 2.45) is 11.5 Å². The number of primary amides is 1. The Balaban J connectivity index is 2.62. The summed E-state index contributed by atoms with van der Waals surface area (Å²) in [5.41, 5.74) is 11.4. The van der Waals surface area contributed by atoms with Gasteiger partial charge in [-0.1, -0.05) is 0 Å². The Morgan fingerprint density at radius 1 is 1.43 bits per heavy atom. The maximum Gasteiger partial charge on any atom is 0.275 e. The van der Waals surface area contributed by atoms with Gasteiger partial charge in [0.15, 0.2) is 6.04 Å². The van der Waals surface area contributed by atoms with Gasteiger partial charge in [-0.25, -0.2) is 4.98 Å². The average molecular weight is 297 g/mol. The summed E-state index contributed by atoms with van der Waals surface area (Å²) in [5, 5.41) is 10.6. The number of imidazole rings is 1. The first-order chi connectivity index (χ1) is 9.61. The Bertz CT molecular complexity index is 506. The number of rotatable bonds is 8. The van der Waals surface area contributed by atoms with Gasteiger partial charge in [0.2, 0.25) is 0 Å². The third-order valence-corrected chi connectivity index (χ3v) is 3.34. The number of nitrogens with one attached hydrogen (secondary N) is 1. The molecule has 8 heteroatoms. The van der Waals surface area contributed by atoms with Crippen LogP contribution in [0.5, 0.6) is 0 Å². The van der Waals surface area contributed by atoms with Crippen LogP contribution in [0.2, 0.25) is 0 Å². The number of carbonyl (C=O) groups is 2. The second-order valence-corrected chi connectivity index (χ2v) is 6.06. The van der Waals surface area contributed by atoms with Gasteiger partial charge in [0.05, 0.1) is 27.1 Å². The second-order valence-electron chi connectivity index (χ2n) is 6.06. The third kappa shape index (κ3) is 5.16. The molecule has 0 aliphatic heterocycles. The van der Waals surface area contributed by atoms with Crippen molar-refractivity contribution in [1.29, 1.82) is 0 Å². The van der Waals surface area contributed by atoms with Gasteiger partial charge in [-0.3, -0.25) is 4.79 Å². The molecular formula is C13H23N5O3. The number of quaternary nitrogens is 1. The van der Waals surface area contributed by atoms with Crippen molar-refractivity contribution in [3.8, 4) is 0 Å². The number of carboxylic acids is 1. The Hall–Kier alpha value is -1.93. The molecule has 0 aromatic carbocycles. The van der Waals surface area contributed by atoms with Crippen LogP contribution < -0.4 is 16.6 Å². The van der Waals surface area contributed by atoms with Crippen molar-refractivity contribution in [3.63, 3.8) is 0 Å². The zero-order chi connectivity index (χ0) is 16.2. The molecule has 0 unspecified atom stereocenters. The average Bonchev–Trinajstić information content (AvgIpc) is 2.74. The SMILES string of the molecule is C[N+](C)(C)[C@@H](CCc1ncc(C[C@H](N)C(=O)[O-])[nH]1)C(N)=O. The summed E-state index contributed by atoms with van der Waals surface area (Å²) in [6.45, 7) is 0. The minimum absolute atomic E-state index is 0.129. The molecule has 1 heterocycles. The number of carboxylic acid groups (broad SMARTS) is 1. The van der Waals surface area contributed by atoms with E-state index in [9.17, 15) is 14.7 Å². The van der Waals surface area contributed by atoms with Crippen molar-refractivity contribution in [3.05, 3.63) is 17.7 Å². The van der Waals surface area contributed by atoms with Crippen LogP contribution in [0.3, 0.4) is 0 Å². The molecule has 2 atom stereocenters. The summed E-state index contributed by atoms with van der Waals surface area (Å²) in [6, 6.07) is -1.38. The van der Waals surface area contributed by atoms with E-state index in [1.165, 1.54) is 0 Å². The Morgan fingerprint density at radius 2 is 2.05 bits per heavy atom. The summed E-state index contributed by atoms with van der Waals surface area (Å²) >= 11 is 0.